The molecule has 20 heavy (non-hydrogen) atoms. The largest absolute Gasteiger partial charge is 0.360 e. The van der Waals surface area contributed by atoms with Crippen molar-refractivity contribution in [2.45, 2.75) is 6.92 Å². The van der Waals surface area contributed by atoms with Crippen LogP contribution in [0.25, 0.3) is 10.9 Å². The Hall–Kier alpha value is -1.85. The van der Waals surface area contributed by atoms with Gasteiger partial charge in [0.1, 0.15) is 0 Å². The molecule has 0 aliphatic carbocycles. The number of thiazole rings is 1. The topological polar surface area (TPSA) is 57.8 Å². The van der Waals surface area contributed by atoms with E-state index in [4.69, 9.17) is 0 Å². The van der Waals surface area contributed by atoms with Crippen LogP contribution in [-0.2, 0) is 0 Å². The molecule has 3 aromatic rings. The number of Topliss-reactive ketones (excluding diaryl/α,β-unsaturated/α-hetero) is 1. The fraction of sp³-hybridized carbons (Fsp3) is 0.143. The van der Waals surface area contributed by atoms with Crippen molar-refractivity contribution in [1.82, 2.24) is 9.97 Å². The second-order valence-electron chi connectivity index (χ2n) is 4.37. The van der Waals surface area contributed by atoms with E-state index in [1.165, 1.54) is 16.9 Å². The molecule has 0 aliphatic rings. The molecule has 0 saturated heterocycles. The fourth-order valence-corrected chi connectivity index (χ4v) is 2.56. The second kappa shape index (κ2) is 6.07. The van der Waals surface area contributed by atoms with Gasteiger partial charge in [-0.3, -0.25) is 4.79 Å². The Kier molecular flexibility index (Phi) is 4.42. The third-order valence-corrected chi connectivity index (χ3v) is 3.70. The van der Waals surface area contributed by atoms with Gasteiger partial charge in [-0.25, -0.2) is 4.98 Å². The maximum atomic E-state index is 12.2. The summed E-state index contributed by atoms with van der Waals surface area (Å²) in [6, 6.07) is 6.04. The van der Waals surface area contributed by atoms with E-state index in [0.717, 1.165) is 21.6 Å². The van der Waals surface area contributed by atoms with Crippen molar-refractivity contribution < 1.29 is 4.79 Å². The molecule has 6 heteroatoms. The van der Waals surface area contributed by atoms with Crippen molar-refractivity contribution in [2.24, 2.45) is 0 Å². The first-order chi connectivity index (χ1) is 9.24. The van der Waals surface area contributed by atoms with E-state index in [1.807, 2.05) is 30.5 Å². The molecule has 2 heterocycles. The molecule has 0 saturated carbocycles. The summed E-state index contributed by atoms with van der Waals surface area (Å²) >= 11 is 1.49. The number of aromatic amines is 1. The number of halogens is 1. The smallest absolute Gasteiger partial charge is 0.184 e. The van der Waals surface area contributed by atoms with Gasteiger partial charge < -0.3 is 10.3 Å². The zero-order valence-corrected chi connectivity index (χ0v) is 12.5. The standard InChI is InChI=1S/C14H13N3OS.ClH/c1-9-2-3-10-11(7-16-12(10)6-9)13(18)8-17-14-15-4-5-19-14;/h2-7,16H,8H2,1H3,(H,15,17);1H. The van der Waals surface area contributed by atoms with E-state index in [2.05, 4.69) is 15.3 Å². The first-order valence-electron chi connectivity index (χ1n) is 5.98. The monoisotopic (exact) mass is 307 g/mol. The van der Waals surface area contributed by atoms with E-state index in [1.54, 1.807) is 12.4 Å². The second-order valence-corrected chi connectivity index (χ2v) is 5.26. The van der Waals surface area contributed by atoms with Crippen LogP contribution in [0.2, 0.25) is 0 Å². The lowest BCUT2D eigenvalue weighted by Crippen LogP contribution is -2.13. The summed E-state index contributed by atoms with van der Waals surface area (Å²) in [6.45, 7) is 2.29. The summed E-state index contributed by atoms with van der Waals surface area (Å²) in [4.78, 5) is 19.4. The minimum atomic E-state index is 0. The van der Waals surface area contributed by atoms with Crippen LogP contribution in [0.5, 0.6) is 0 Å². The number of carbonyl (C=O) groups is 1. The van der Waals surface area contributed by atoms with E-state index >= 15 is 0 Å². The summed E-state index contributed by atoms with van der Waals surface area (Å²) in [5.74, 6) is 0.0605. The number of rotatable bonds is 4. The van der Waals surface area contributed by atoms with Crippen LogP contribution in [0, 0.1) is 6.92 Å². The number of aromatic nitrogens is 2. The molecule has 104 valence electrons. The summed E-state index contributed by atoms with van der Waals surface area (Å²) < 4.78 is 0. The van der Waals surface area contributed by atoms with Crippen molar-refractivity contribution in [1.29, 1.82) is 0 Å². The molecule has 0 fully saturated rings. The summed E-state index contributed by atoms with van der Waals surface area (Å²) in [5.41, 5.74) is 2.89. The zero-order chi connectivity index (χ0) is 13.2. The van der Waals surface area contributed by atoms with Crippen LogP contribution >= 0.6 is 23.7 Å². The molecule has 0 radical (unpaired) electrons. The van der Waals surface area contributed by atoms with E-state index in [-0.39, 0.29) is 24.7 Å². The number of anilines is 1. The van der Waals surface area contributed by atoms with Crippen LogP contribution in [0.15, 0.2) is 36.0 Å². The highest BCUT2D eigenvalue weighted by atomic mass is 35.5. The van der Waals surface area contributed by atoms with Gasteiger partial charge in [-0.2, -0.15) is 0 Å². The first kappa shape index (κ1) is 14.6. The molecule has 2 aromatic heterocycles. The van der Waals surface area contributed by atoms with Crippen LogP contribution in [0.3, 0.4) is 0 Å². The Labute approximate surface area is 126 Å². The Morgan fingerprint density at radius 2 is 2.30 bits per heavy atom. The summed E-state index contributed by atoms with van der Waals surface area (Å²) in [7, 11) is 0. The van der Waals surface area contributed by atoms with Crippen molar-refractivity contribution in [3.63, 3.8) is 0 Å². The van der Waals surface area contributed by atoms with Gasteiger partial charge in [0.25, 0.3) is 0 Å². The van der Waals surface area contributed by atoms with Gasteiger partial charge in [-0.05, 0) is 18.6 Å². The summed E-state index contributed by atoms with van der Waals surface area (Å²) in [5, 5.41) is 6.65. The maximum absolute atomic E-state index is 12.2. The summed E-state index contributed by atoms with van der Waals surface area (Å²) in [6.07, 6.45) is 3.49. The number of hydrogen-bond donors (Lipinski definition) is 2. The number of nitrogens with one attached hydrogen (secondary N) is 2. The third-order valence-electron chi connectivity index (χ3n) is 2.97. The Morgan fingerprint density at radius 3 is 3.05 bits per heavy atom. The van der Waals surface area contributed by atoms with Gasteiger partial charge in [0.15, 0.2) is 10.9 Å². The van der Waals surface area contributed by atoms with Gasteiger partial charge in [-0.1, -0.05) is 12.1 Å². The van der Waals surface area contributed by atoms with Crippen molar-refractivity contribution in [2.75, 3.05) is 11.9 Å². The quantitative estimate of drug-likeness (QED) is 0.723. The average molecular weight is 308 g/mol. The molecular weight excluding hydrogens is 294 g/mol. The molecule has 1 aromatic carbocycles. The van der Waals surface area contributed by atoms with Gasteiger partial charge in [-0.15, -0.1) is 23.7 Å². The molecule has 3 rings (SSSR count). The van der Waals surface area contributed by atoms with Gasteiger partial charge in [0.05, 0.1) is 6.54 Å². The minimum Gasteiger partial charge on any atom is -0.360 e. The van der Waals surface area contributed by atoms with E-state index in [9.17, 15) is 4.79 Å². The highest BCUT2D eigenvalue weighted by Gasteiger charge is 2.12. The molecule has 0 amide bonds. The van der Waals surface area contributed by atoms with Crippen molar-refractivity contribution in [3.05, 3.63) is 47.1 Å². The third kappa shape index (κ3) is 2.84. The maximum Gasteiger partial charge on any atom is 0.184 e. The van der Waals surface area contributed by atoms with Gasteiger partial charge in [0.2, 0.25) is 0 Å². The molecule has 0 bridgehead atoms. The number of aryl methyl sites for hydroxylation is 1. The lowest BCUT2D eigenvalue weighted by atomic mass is 10.1. The number of hydrogen-bond acceptors (Lipinski definition) is 4. The molecular formula is C14H14ClN3OS. The highest BCUT2D eigenvalue weighted by molar-refractivity contribution is 7.13. The highest BCUT2D eigenvalue weighted by Crippen LogP contribution is 2.20. The van der Waals surface area contributed by atoms with Crippen molar-refractivity contribution in [3.8, 4) is 0 Å². The van der Waals surface area contributed by atoms with Gasteiger partial charge in [0, 0.05) is 34.2 Å². The number of H-pyrrole nitrogens is 1. The number of fused-ring (bicyclic) bond motifs is 1. The Balaban J connectivity index is 0.00000147. The zero-order valence-electron chi connectivity index (χ0n) is 10.8. The minimum absolute atomic E-state index is 0. The molecule has 2 N–H and O–H groups in total. The van der Waals surface area contributed by atoms with Crippen LogP contribution in [-0.4, -0.2) is 22.3 Å². The van der Waals surface area contributed by atoms with E-state index < -0.39 is 0 Å². The Morgan fingerprint density at radius 1 is 1.45 bits per heavy atom. The molecule has 0 atom stereocenters. The van der Waals surface area contributed by atoms with E-state index in [0.29, 0.717) is 0 Å². The first-order valence-corrected chi connectivity index (χ1v) is 6.86. The normalized spacial score (nSPS) is 10.2. The van der Waals surface area contributed by atoms with Gasteiger partial charge >= 0.3 is 0 Å². The van der Waals surface area contributed by atoms with Crippen LogP contribution in [0.1, 0.15) is 15.9 Å². The van der Waals surface area contributed by atoms with Crippen LogP contribution in [0.4, 0.5) is 5.13 Å². The predicted octanol–water partition coefficient (Wildman–Crippen LogP) is 3.65. The SMILES string of the molecule is Cc1ccc2c(C(=O)CNc3nccs3)c[nH]c2c1.Cl. The lowest BCUT2D eigenvalue weighted by Gasteiger charge is -2.01. The number of benzene rings is 1. The molecule has 0 spiro atoms. The number of carbonyl (C=O) groups excluding carboxylic acids is 1. The fourth-order valence-electron chi connectivity index (χ4n) is 2.03. The van der Waals surface area contributed by atoms with Crippen molar-refractivity contribution >= 4 is 45.6 Å². The lowest BCUT2D eigenvalue weighted by molar-refractivity contribution is 0.101. The van der Waals surface area contributed by atoms with Crippen LogP contribution < -0.4 is 5.32 Å². The molecule has 0 unspecified atom stereocenters. The number of ketones is 1. The average Bonchev–Trinajstić information content (AvgIpc) is 3.04. The molecule has 0 aliphatic heterocycles. The molecule has 4 nitrogen and oxygen atoms in total. The number of nitrogens with zero attached hydrogens (tertiary/aromatic N) is 1. The predicted molar refractivity (Wildman–Crippen MR) is 85.2 cm³/mol. The Bertz CT molecular complexity index is 721.